The van der Waals surface area contributed by atoms with Gasteiger partial charge in [-0.15, -0.1) is 0 Å². The van der Waals surface area contributed by atoms with Crippen LogP contribution in [0.2, 0.25) is 0 Å². The Labute approximate surface area is 114 Å². The van der Waals surface area contributed by atoms with Gasteiger partial charge < -0.3 is 10.0 Å². The van der Waals surface area contributed by atoms with Gasteiger partial charge in [-0.2, -0.15) is 18.4 Å². The highest BCUT2D eigenvalue weighted by Gasteiger charge is 2.32. The van der Waals surface area contributed by atoms with E-state index in [0.29, 0.717) is 6.07 Å². The van der Waals surface area contributed by atoms with E-state index >= 15 is 0 Å². The minimum absolute atomic E-state index is 0.135. The average Bonchev–Trinajstić information content (AvgIpc) is 2.36. The van der Waals surface area contributed by atoms with Crippen molar-refractivity contribution in [2.75, 3.05) is 11.9 Å². The fourth-order valence-electron chi connectivity index (χ4n) is 1.70. The van der Waals surface area contributed by atoms with Gasteiger partial charge in [0.1, 0.15) is 0 Å². The highest BCUT2D eigenvalue weighted by molar-refractivity contribution is 5.94. The summed E-state index contributed by atoms with van der Waals surface area (Å²) in [5.41, 5.74) is -1.31. The number of nitrogens with zero attached hydrogens (tertiary/aromatic N) is 2. The number of nitriles is 1. The Hall–Kier alpha value is -2.23. The molecular formula is C13H13F3N2O2. The first-order chi connectivity index (χ1) is 9.18. The van der Waals surface area contributed by atoms with Gasteiger partial charge in [0.25, 0.3) is 0 Å². The Bertz CT molecular complexity index is 550. The van der Waals surface area contributed by atoms with Crippen LogP contribution in [-0.4, -0.2) is 24.2 Å². The van der Waals surface area contributed by atoms with Crippen LogP contribution in [0.25, 0.3) is 0 Å². The molecule has 0 fully saturated rings. The van der Waals surface area contributed by atoms with Crippen molar-refractivity contribution in [2.24, 2.45) is 0 Å². The van der Waals surface area contributed by atoms with E-state index in [2.05, 4.69) is 0 Å². The molecular weight excluding hydrogens is 273 g/mol. The van der Waals surface area contributed by atoms with Crippen molar-refractivity contribution in [2.45, 2.75) is 25.6 Å². The van der Waals surface area contributed by atoms with E-state index in [1.165, 1.54) is 11.9 Å². The van der Waals surface area contributed by atoms with Crippen LogP contribution in [0.4, 0.5) is 18.9 Å². The minimum Gasteiger partial charge on any atom is -0.478 e. The molecule has 20 heavy (non-hydrogen) atoms. The summed E-state index contributed by atoms with van der Waals surface area (Å²) in [7, 11) is 1.54. The molecule has 0 saturated heterocycles. The fourth-order valence-corrected chi connectivity index (χ4v) is 1.70. The van der Waals surface area contributed by atoms with Gasteiger partial charge in [-0.3, -0.25) is 0 Å². The van der Waals surface area contributed by atoms with E-state index in [0.717, 1.165) is 12.1 Å². The van der Waals surface area contributed by atoms with Gasteiger partial charge in [-0.1, -0.05) is 0 Å². The van der Waals surface area contributed by atoms with Crippen LogP contribution in [0.1, 0.15) is 29.3 Å². The van der Waals surface area contributed by atoms with Crippen molar-refractivity contribution in [3.05, 3.63) is 29.3 Å². The van der Waals surface area contributed by atoms with Crippen molar-refractivity contribution in [3.8, 4) is 6.07 Å². The average molecular weight is 286 g/mol. The molecule has 1 rings (SSSR count). The van der Waals surface area contributed by atoms with Crippen molar-refractivity contribution < 1.29 is 23.1 Å². The molecule has 0 amide bonds. The third-order valence-electron chi connectivity index (χ3n) is 2.98. The molecule has 1 N–H and O–H groups in total. The maximum Gasteiger partial charge on any atom is 0.416 e. The highest BCUT2D eigenvalue weighted by atomic mass is 19.4. The van der Waals surface area contributed by atoms with Crippen LogP contribution in [0.3, 0.4) is 0 Å². The van der Waals surface area contributed by atoms with Gasteiger partial charge in [-0.25, -0.2) is 4.79 Å². The van der Waals surface area contributed by atoms with Gasteiger partial charge in [-0.05, 0) is 25.1 Å². The Balaban J connectivity index is 3.28. The fraction of sp³-hybridized carbons (Fsp3) is 0.385. The maximum absolute atomic E-state index is 12.6. The molecule has 1 atom stereocenters. The number of hydrogen-bond donors (Lipinski definition) is 1. The molecule has 0 spiro atoms. The van der Waals surface area contributed by atoms with Crippen molar-refractivity contribution in [1.29, 1.82) is 5.26 Å². The molecule has 1 aromatic carbocycles. The number of carbonyl (C=O) groups is 1. The number of hydrogen-bond acceptors (Lipinski definition) is 3. The highest BCUT2D eigenvalue weighted by Crippen LogP contribution is 2.33. The monoisotopic (exact) mass is 286 g/mol. The predicted octanol–water partition coefficient (Wildman–Crippen LogP) is 3.14. The molecule has 108 valence electrons. The molecule has 0 aliphatic heterocycles. The van der Waals surface area contributed by atoms with Gasteiger partial charge in [0.2, 0.25) is 0 Å². The molecule has 1 aromatic rings. The molecule has 0 aliphatic rings. The zero-order valence-electron chi connectivity index (χ0n) is 10.9. The second-order valence-electron chi connectivity index (χ2n) is 4.36. The van der Waals surface area contributed by atoms with E-state index in [1.54, 1.807) is 6.92 Å². The molecule has 7 heteroatoms. The molecule has 0 aromatic heterocycles. The van der Waals surface area contributed by atoms with E-state index in [9.17, 15) is 18.0 Å². The first-order valence-corrected chi connectivity index (χ1v) is 5.72. The summed E-state index contributed by atoms with van der Waals surface area (Å²) in [5, 5.41) is 17.7. The third-order valence-corrected chi connectivity index (χ3v) is 2.98. The summed E-state index contributed by atoms with van der Waals surface area (Å²) in [5.74, 6) is -1.44. The van der Waals surface area contributed by atoms with Crippen LogP contribution in [-0.2, 0) is 6.18 Å². The molecule has 0 radical (unpaired) electrons. The SMILES string of the molecule is CC(CC#N)N(C)c1ccc(C(F)(F)F)cc1C(=O)O. The minimum atomic E-state index is -4.60. The van der Waals surface area contributed by atoms with Crippen molar-refractivity contribution in [1.82, 2.24) is 0 Å². The molecule has 0 saturated carbocycles. The molecule has 1 unspecified atom stereocenters. The molecule has 4 nitrogen and oxygen atoms in total. The Morgan fingerprint density at radius 2 is 2.10 bits per heavy atom. The van der Waals surface area contributed by atoms with E-state index < -0.39 is 23.3 Å². The number of carboxylic acid groups (broad SMARTS) is 1. The number of aromatic carboxylic acids is 1. The quantitative estimate of drug-likeness (QED) is 0.923. The number of halogens is 3. The van der Waals surface area contributed by atoms with E-state index in [4.69, 9.17) is 10.4 Å². The third kappa shape index (κ3) is 3.41. The standard InChI is InChI=1S/C13H13F3N2O2/c1-8(5-6-17)18(2)11-4-3-9(13(14,15)16)7-10(11)12(19)20/h3-4,7-8H,5H2,1-2H3,(H,19,20). The first-order valence-electron chi connectivity index (χ1n) is 5.72. The first kappa shape index (κ1) is 15.8. The summed E-state index contributed by atoms with van der Waals surface area (Å²) >= 11 is 0. The summed E-state index contributed by atoms with van der Waals surface area (Å²) in [6, 6.07) is 4.17. The summed E-state index contributed by atoms with van der Waals surface area (Å²) in [4.78, 5) is 12.6. The lowest BCUT2D eigenvalue weighted by Crippen LogP contribution is -2.30. The summed E-state index contributed by atoms with van der Waals surface area (Å²) < 4.78 is 37.8. The van der Waals surface area contributed by atoms with Gasteiger partial charge in [0.15, 0.2) is 0 Å². The number of benzene rings is 1. The predicted molar refractivity (Wildman–Crippen MR) is 66.5 cm³/mol. The lowest BCUT2D eigenvalue weighted by atomic mass is 10.1. The van der Waals surface area contributed by atoms with Gasteiger partial charge in [0, 0.05) is 13.1 Å². The van der Waals surface area contributed by atoms with Crippen LogP contribution in [0.15, 0.2) is 18.2 Å². The number of carboxylic acids is 1. The van der Waals surface area contributed by atoms with Gasteiger partial charge >= 0.3 is 12.1 Å². The summed E-state index contributed by atoms with van der Waals surface area (Å²) in [6.45, 7) is 1.69. The topological polar surface area (TPSA) is 64.3 Å². The number of anilines is 1. The second kappa shape index (κ2) is 5.82. The van der Waals surface area contributed by atoms with Crippen LogP contribution < -0.4 is 4.90 Å². The normalized spacial score (nSPS) is 12.6. The molecule has 0 aliphatic carbocycles. The van der Waals surface area contributed by atoms with Crippen LogP contribution in [0.5, 0.6) is 0 Å². The smallest absolute Gasteiger partial charge is 0.416 e. The lowest BCUT2D eigenvalue weighted by Gasteiger charge is -2.27. The largest absolute Gasteiger partial charge is 0.478 e. The van der Waals surface area contributed by atoms with Crippen molar-refractivity contribution in [3.63, 3.8) is 0 Å². The molecule has 0 heterocycles. The zero-order chi connectivity index (χ0) is 15.5. The summed E-state index contributed by atoms with van der Waals surface area (Å²) in [6.07, 6.45) is -4.46. The maximum atomic E-state index is 12.6. The van der Waals surface area contributed by atoms with Crippen molar-refractivity contribution >= 4 is 11.7 Å². The lowest BCUT2D eigenvalue weighted by molar-refractivity contribution is -0.137. The Kier molecular flexibility index (Phi) is 4.61. The number of rotatable bonds is 4. The van der Waals surface area contributed by atoms with E-state index in [1.807, 2.05) is 6.07 Å². The Morgan fingerprint density at radius 3 is 2.55 bits per heavy atom. The van der Waals surface area contributed by atoms with Crippen LogP contribution in [0, 0.1) is 11.3 Å². The van der Waals surface area contributed by atoms with Crippen LogP contribution >= 0.6 is 0 Å². The zero-order valence-corrected chi connectivity index (χ0v) is 10.9. The second-order valence-corrected chi connectivity index (χ2v) is 4.36. The van der Waals surface area contributed by atoms with Gasteiger partial charge in [0.05, 0.1) is 29.3 Å². The Morgan fingerprint density at radius 1 is 1.50 bits per heavy atom. The number of alkyl halides is 3. The molecule has 0 bridgehead atoms. The van der Waals surface area contributed by atoms with E-state index in [-0.39, 0.29) is 18.2 Å².